The maximum atomic E-state index is 12.7. The standard InChI is InChI=1S/C27H27ClN4O2S/c1-18-15-19(2)17-21(16-18)25(33)30-27(35)29-23-7-9-24(10-8-23)31-11-13-32(14-12-31)26(34)20-3-5-22(28)6-4-20/h3-10,15-17H,11-14H2,1-2H3,(H2,29,30,33,35). The minimum absolute atomic E-state index is 0.0252. The fourth-order valence-corrected chi connectivity index (χ4v) is 4.48. The highest BCUT2D eigenvalue weighted by atomic mass is 35.5. The lowest BCUT2D eigenvalue weighted by molar-refractivity contribution is 0.0746. The van der Waals surface area contributed by atoms with Gasteiger partial charge >= 0.3 is 0 Å². The SMILES string of the molecule is Cc1cc(C)cc(C(=O)NC(=S)Nc2ccc(N3CCN(C(=O)c4ccc(Cl)cc4)CC3)cc2)c1. The normalized spacial score (nSPS) is 13.3. The number of hydrogen-bond acceptors (Lipinski definition) is 4. The number of benzene rings is 3. The number of halogens is 1. The van der Waals surface area contributed by atoms with Gasteiger partial charge < -0.3 is 15.1 Å². The molecule has 1 heterocycles. The summed E-state index contributed by atoms with van der Waals surface area (Å²) in [5.74, 6) is -0.214. The molecule has 0 unspecified atom stereocenters. The molecule has 35 heavy (non-hydrogen) atoms. The number of carbonyl (C=O) groups is 2. The predicted octanol–water partition coefficient (Wildman–Crippen LogP) is 5.05. The van der Waals surface area contributed by atoms with Gasteiger partial charge in [0, 0.05) is 53.7 Å². The van der Waals surface area contributed by atoms with Gasteiger partial charge in [0.2, 0.25) is 0 Å². The van der Waals surface area contributed by atoms with E-state index in [-0.39, 0.29) is 16.9 Å². The van der Waals surface area contributed by atoms with Gasteiger partial charge in [0.1, 0.15) is 0 Å². The number of aryl methyl sites for hydroxylation is 2. The first-order valence-electron chi connectivity index (χ1n) is 11.4. The molecule has 0 atom stereocenters. The largest absolute Gasteiger partial charge is 0.368 e. The van der Waals surface area contributed by atoms with Crippen LogP contribution in [0, 0.1) is 13.8 Å². The summed E-state index contributed by atoms with van der Waals surface area (Å²) in [7, 11) is 0. The summed E-state index contributed by atoms with van der Waals surface area (Å²) in [5, 5.41) is 6.67. The Bertz CT molecular complexity index is 1220. The Balaban J connectivity index is 1.29. The number of amides is 2. The Morgan fingerprint density at radius 1 is 0.829 bits per heavy atom. The van der Waals surface area contributed by atoms with Crippen LogP contribution in [0.25, 0.3) is 0 Å². The summed E-state index contributed by atoms with van der Waals surface area (Å²) in [6, 6.07) is 20.6. The van der Waals surface area contributed by atoms with E-state index in [1.54, 1.807) is 24.3 Å². The molecular formula is C27H27ClN4O2S. The summed E-state index contributed by atoms with van der Waals surface area (Å²) < 4.78 is 0. The van der Waals surface area contributed by atoms with E-state index in [2.05, 4.69) is 15.5 Å². The molecule has 0 saturated carbocycles. The Hall–Kier alpha value is -3.42. The van der Waals surface area contributed by atoms with Crippen LogP contribution < -0.4 is 15.5 Å². The summed E-state index contributed by atoms with van der Waals surface area (Å²) >= 11 is 11.2. The van der Waals surface area contributed by atoms with Gasteiger partial charge in [0.15, 0.2) is 5.11 Å². The van der Waals surface area contributed by atoms with Gasteiger partial charge in [-0.1, -0.05) is 28.8 Å². The van der Waals surface area contributed by atoms with E-state index >= 15 is 0 Å². The minimum Gasteiger partial charge on any atom is -0.368 e. The second-order valence-corrected chi connectivity index (χ2v) is 9.46. The van der Waals surface area contributed by atoms with Crippen LogP contribution in [0.5, 0.6) is 0 Å². The number of rotatable bonds is 4. The highest BCUT2D eigenvalue weighted by Gasteiger charge is 2.22. The Morgan fingerprint density at radius 3 is 2.03 bits per heavy atom. The number of carbonyl (C=O) groups excluding carboxylic acids is 2. The minimum atomic E-state index is -0.239. The van der Waals surface area contributed by atoms with E-state index in [1.165, 1.54) is 0 Å². The molecular weight excluding hydrogens is 480 g/mol. The summed E-state index contributed by atoms with van der Waals surface area (Å²) in [5.41, 5.74) is 5.14. The molecule has 6 nitrogen and oxygen atoms in total. The van der Waals surface area contributed by atoms with Gasteiger partial charge in [-0.15, -0.1) is 0 Å². The average molecular weight is 507 g/mol. The van der Waals surface area contributed by atoms with Crippen LogP contribution in [0.2, 0.25) is 5.02 Å². The maximum absolute atomic E-state index is 12.7. The van der Waals surface area contributed by atoms with Crippen molar-refractivity contribution < 1.29 is 9.59 Å². The van der Waals surface area contributed by atoms with Crippen LogP contribution >= 0.6 is 23.8 Å². The van der Waals surface area contributed by atoms with E-state index in [1.807, 2.05) is 61.2 Å². The first kappa shape index (κ1) is 24.7. The van der Waals surface area contributed by atoms with Crippen molar-refractivity contribution in [1.82, 2.24) is 10.2 Å². The zero-order chi connectivity index (χ0) is 24.9. The van der Waals surface area contributed by atoms with Crippen LogP contribution in [0.1, 0.15) is 31.8 Å². The molecule has 0 bridgehead atoms. The molecule has 1 saturated heterocycles. The molecule has 0 spiro atoms. The lowest BCUT2D eigenvalue weighted by atomic mass is 10.1. The lowest BCUT2D eigenvalue weighted by Crippen LogP contribution is -2.48. The smallest absolute Gasteiger partial charge is 0.257 e. The zero-order valence-corrected chi connectivity index (χ0v) is 21.2. The second kappa shape index (κ2) is 10.9. The van der Waals surface area contributed by atoms with Crippen LogP contribution in [0.15, 0.2) is 66.7 Å². The van der Waals surface area contributed by atoms with E-state index in [9.17, 15) is 9.59 Å². The fraction of sp³-hybridized carbons (Fsp3) is 0.222. The highest BCUT2D eigenvalue weighted by Crippen LogP contribution is 2.21. The van der Waals surface area contributed by atoms with Crippen molar-refractivity contribution in [2.75, 3.05) is 36.4 Å². The highest BCUT2D eigenvalue weighted by molar-refractivity contribution is 7.80. The average Bonchev–Trinajstić information content (AvgIpc) is 2.84. The summed E-state index contributed by atoms with van der Waals surface area (Å²) in [6.45, 7) is 6.71. The van der Waals surface area contributed by atoms with Crippen LogP contribution in [-0.4, -0.2) is 48.0 Å². The molecule has 1 aliphatic heterocycles. The van der Waals surface area contributed by atoms with Gasteiger partial charge in [-0.25, -0.2) is 0 Å². The lowest BCUT2D eigenvalue weighted by Gasteiger charge is -2.36. The van der Waals surface area contributed by atoms with Crippen molar-refractivity contribution in [3.8, 4) is 0 Å². The van der Waals surface area contributed by atoms with Gasteiger partial charge in [0.25, 0.3) is 11.8 Å². The number of piperazine rings is 1. The number of hydrogen-bond donors (Lipinski definition) is 2. The molecule has 4 rings (SSSR count). The summed E-state index contributed by atoms with van der Waals surface area (Å²) in [4.78, 5) is 29.3. The molecule has 2 amide bonds. The Labute approximate surface area is 215 Å². The van der Waals surface area contributed by atoms with Crippen LogP contribution in [0.4, 0.5) is 11.4 Å². The third kappa shape index (κ3) is 6.38. The molecule has 8 heteroatoms. The monoisotopic (exact) mass is 506 g/mol. The zero-order valence-electron chi connectivity index (χ0n) is 19.7. The predicted molar refractivity (Wildman–Crippen MR) is 146 cm³/mol. The molecule has 0 radical (unpaired) electrons. The Kier molecular flexibility index (Phi) is 7.68. The number of nitrogens with one attached hydrogen (secondary N) is 2. The van der Waals surface area contributed by atoms with Gasteiger partial charge in [-0.2, -0.15) is 0 Å². The van der Waals surface area contributed by atoms with Crippen molar-refractivity contribution in [3.05, 3.63) is 94.0 Å². The number of thiocarbonyl (C=S) groups is 1. The number of nitrogens with zero attached hydrogens (tertiary/aromatic N) is 2. The first-order chi connectivity index (χ1) is 16.8. The van der Waals surface area contributed by atoms with Crippen molar-refractivity contribution in [3.63, 3.8) is 0 Å². The van der Waals surface area contributed by atoms with Crippen molar-refractivity contribution in [1.29, 1.82) is 0 Å². The molecule has 1 aliphatic rings. The third-order valence-electron chi connectivity index (χ3n) is 5.86. The molecule has 0 aromatic heterocycles. The first-order valence-corrected chi connectivity index (χ1v) is 12.2. The molecule has 3 aromatic carbocycles. The molecule has 3 aromatic rings. The van der Waals surface area contributed by atoms with E-state index in [0.717, 1.165) is 35.6 Å². The molecule has 1 fully saturated rings. The molecule has 180 valence electrons. The molecule has 0 aliphatic carbocycles. The van der Waals surface area contributed by atoms with Gasteiger partial charge in [-0.05, 0) is 86.7 Å². The third-order valence-corrected chi connectivity index (χ3v) is 6.32. The summed E-state index contributed by atoms with van der Waals surface area (Å²) in [6.07, 6.45) is 0. The topological polar surface area (TPSA) is 64.7 Å². The quantitative estimate of drug-likeness (QED) is 0.485. The van der Waals surface area contributed by atoms with Gasteiger partial charge in [0.05, 0.1) is 0 Å². The Morgan fingerprint density at radius 2 is 1.43 bits per heavy atom. The van der Waals surface area contributed by atoms with E-state index in [0.29, 0.717) is 29.2 Å². The van der Waals surface area contributed by atoms with Crippen molar-refractivity contribution >= 4 is 52.1 Å². The van der Waals surface area contributed by atoms with Gasteiger partial charge in [-0.3, -0.25) is 14.9 Å². The fourth-order valence-electron chi connectivity index (χ4n) is 4.14. The van der Waals surface area contributed by atoms with Crippen LogP contribution in [-0.2, 0) is 0 Å². The molecule has 2 N–H and O–H groups in total. The second-order valence-electron chi connectivity index (χ2n) is 8.62. The number of anilines is 2. The van der Waals surface area contributed by atoms with Crippen molar-refractivity contribution in [2.24, 2.45) is 0 Å². The van der Waals surface area contributed by atoms with E-state index < -0.39 is 0 Å². The van der Waals surface area contributed by atoms with Crippen LogP contribution in [0.3, 0.4) is 0 Å². The van der Waals surface area contributed by atoms with Crippen molar-refractivity contribution in [2.45, 2.75) is 13.8 Å². The van der Waals surface area contributed by atoms with E-state index in [4.69, 9.17) is 23.8 Å². The maximum Gasteiger partial charge on any atom is 0.257 e.